The van der Waals surface area contributed by atoms with Gasteiger partial charge in [-0.25, -0.2) is 15.0 Å². The zero-order valence-electron chi connectivity index (χ0n) is 50.3. The van der Waals surface area contributed by atoms with Crippen LogP contribution >= 0.6 is 0 Å². The molecule has 0 aliphatic rings. The molecule has 3 unspecified atom stereocenters. The number of carbonyl (C=O) groups excluding carboxylic acids is 1. The molecule has 8 heteroatoms. The highest BCUT2D eigenvalue weighted by Gasteiger charge is 2.42. The van der Waals surface area contributed by atoms with Crippen LogP contribution in [-0.4, -0.2) is 29.3 Å². The Hall–Kier alpha value is -7.94. The van der Waals surface area contributed by atoms with Crippen LogP contribution in [0.25, 0.3) is 68.3 Å². The van der Waals surface area contributed by atoms with Gasteiger partial charge in [-0.15, -0.1) is 0 Å². The Morgan fingerprint density at radius 1 is 0.357 bits per heavy atom. The Morgan fingerprint density at radius 2 is 0.619 bits per heavy atom. The Kier molecular flexibility index (Phi) is 20.1. The van der Waals surface area contributed by atoms with Crippen molar-refractivity contribution >= 4 is 35.1 Å². The van der Waals surface area contributed by atoms with Crippen LogP contribution in [0.4, 0.5) is 0 Å². The van der Waals surface area contributed by atoms with E-state index in [1.54, 1.807) is 0 Å². The third kappa shape index (κ3) is 13.8. The molecule has 430 valence electrons. The van der Waals surface area contributed by atoms with E-state index in [2.05, 4.69) is 199 Å². The summed E-state index contributed by atoms with van der Waals surface area (Å²) >= 11 is 0. The number of benzene rings is 7. The molecule has 0 fully saturated rings. The van der Waals surface area contributed by atoms with Gasteiger partial charge in [0.2, 0.25) is 17.7 Å². The predicted molar refractivity (Wildman–Crippen MR) is 349 cm³/mol. The maximum atomic E-state index is 12.2. The van der Waals surface area contributed by atoms with Gasteiger partial charge >= 0.3 is 0 Å². The summed E-state index contributed by atoms with van der Waals surface area (Å²) in [6, 6.07) is 60.7. The van der Waals surface area contributed by atoms with Crippen LogP contribution in [-0.2, 0) is 19.3 Å². The number of aldehydes is 1. The van der Waals surface area contributed by atoms with Crippen molar-refractivity contribution in [1.29, 1.82) is 0 Å². The minimum Gasteiger partial charge on any atom is -0.436 e. The molecular formula is C76H83N3O4Si. The molecule has 0 saturated carbocycles. The number of hydrogen-bond donors (Lipinski definition) is 0. The zero-order chi connectivity index (χ0) is 58.3. The molecule has 0 aliphatic carbocycles. The van der Waals surface area contributed by atoms with Gasteiger partial charge in [-0.05, 0) is 111 Å². The van der Waals surface area contributed by atoms with Crippen LogP contribution < -0.4 is 20.7 Å². The number of aromatic nitrogens is 3. The number of nitrogens with zero attached hydrogens (tertiary/aromatic N) is 3. The summed E-state index contributed by atoms with van der Waals surface area (Å²) in [6.07, 6.45) is 24.6. The second-order valence-corrected chi connectivity index (χ2v) is 27.1. The molecule has 7 nitrogen and oxygen atoms in total. The molecule has 0 saturated heterocycles. The number of unbranched alkanes of at least 4 members (excludes halogenated alkanes) is 3. The minimum atomic E-state index is -3.20. The maximum absolute atomic E-state index is 12.2. The molecule has 7 aromatic carbocycles. The molecule has 10 aromatic rings. The van der Waals surface area contributed by atoms with Crippen LogP contribution in [0.3, 0.4) is 0 Å². The van der Waals surface area contributed by atoms with Gasteiger partial charge in [-0.3, -0.25) is 4.79 Å². The maximum Gasteiger partial charge on any atom is 0.226 e. The fourth-order valence-electron chi connectivity index (χ4n) is 12.3. The highest BCUT2D eigenvalue weighted by Crippen LogP contribution is 2.32. The first kappa shape index (κ1) is 59.2. The summed E-state index contributed by atoms with van der Waals surface area (Å²) in [7, 11) is -3.20. The smallest absolute Gasteiger partial charge is 0.226 e. The van der Waals surface area contributed by atoms with Crippen LogP contribution in [0, 0.1) is 17.8 Å². The van der Waals surface area contributed by atoms with Crippen molar-refractivity contribution in [2.24, 2.45) is 17.8 Å². The van der Waals surface area contributed by atoms with E-state index in [1.165, 1.54) is 93.7 Å². The molecular weight excluding hydrogens is 1050 g/mol. The molecule has 0 bridgehead atoms. The second-order valence-electron chi connectivity index (χ2n) is 23.3. The van der Waals surface area contributed by atoms with Crippen LogP contribution in [0.5, 0.6) is 0 Å². The van der Waals surface area contributed by atoms with Crippen LogP contribution in [0.2, 0.25) is 0 Å². The van der Waals surface area contributed by atoms with Crippen molar-refractivity contribution in [1.82, 2.24) is 15.0 Å². The van der Waals surface area contributed by atoms with Crippen molar-refractivity contribution in [3.63, 3.8) is 0 Å². The quantitative estimate of drug-likeness (QED) is 0.0262. The highest BCUT2D eigenvalue weighted by atomic mass is 28.3. The number of rotatable bonds is 29. The third-order valence-electron chi connectivity index (χ3n) is 17.6. The van der Waals surface area contributed by atoms with Crippen LogP contribution in [0.15, 0.2) is 202 Å². The Balaban J connectivity index is 0.986. The molecule has 84 heavy (non-hydrogen) atoms. The van der Waals surface area contributed by atoms with E-state index in [1.807, 2.05) is 30.7 Å². The molecule has 0 radical (unpaired) electrons. The zero-order valence-corrected chi connectivity index (χ0v) is 51.3. The van der Waals surface area contributed by atoms with Crippen molar-refractivity contribution < 1.29 is 18.0 Å². The lowest BCUT2D eigenvalue weighted by molar-refractivity contribution is 0.112. The summed E-state index contributed by atoms with van der Waals surface area (Å²) in [5.74, 6) is 6.00. The predicted octanol–water partition coefficient (Wildman–Crippen LogP) is 18.1. The first-order chi connectivity index (χ1) is 41.2. The van der Waals surface area contributed by atoms with Crippen molar-refractivity contribution in [3.8, 4) is 68.3 Å². The summed E-state index contributed by atoms with van der Waals surface area (Å²) in [5.41, 5.74) is 10.4. The van der Waals surface area contributed by atoms with Crippen LogP contribution in [0.1, 0.15) is 146 Å². The van der Waals surface area contributed by atoms with E-state index in [4.69, 9.17) is 28.2 Å². The molecule has 0 amide bonds. The standard InChI is InChI=1S/C76H83N3O4Si/c1-7-13-16-54(10-4)47-57-19-27-61(28-20-57)71-50-77-74(81-71)64-33-41-68(42-34-64)84(67-39-25-60(53-80)26-40-67,69-43-35-65(36-44-69)75-78-51-72(82-75)62-29-21-58(22-30-62)48-55(11-5)17-14-8-2)70-45-37-66(38-46-70)76-79-52-73(83-76)63-31-23-59(24-32-63)49-56(12-6)18-15-9-3/h19-46,50-56H,7-18,47-49H2,1-6H3. The Morgan fingerprint density at radius 3 is 0.869 bits per heavy atom. The summed E-state index contributed by atoms with van der Waals surface area (Å²) in [6.45, 7) is 13.7. The number of carbonyl (C=O) groups is 1. The van der Waals surface area contributed by atoms with E-state index < -0.39 is 8.07 Å². The van der Waals surface area contributed by atoms with E-state index in [0.717, 1.165) is 97.0 Å². The molecule has 3 heterocycles. The lowest BCUT2D eigenvalue weighted by Gasteiger charge is -2.34. The Bertz CT molecular complexity index is 3270. The SMILES string of the molecule is CCCCC(CC)Cc1ccc(-c2cnc(-c3ccc([Si](c4ccc(C=O)cc4)(c4ccc(-c5ncc(-c6ccc(CC(CC)CCCC)cc6)o5)cc4)c4ccc(-c5ncc(-c6ccc(CC(CC)CCCC)cc6)o5)cc4)cc3)o2)cc1. The first-order valence-electron chi connectivity index (χ1n) is 31.3. The van der Waals surface area contributed by atoms with Gasteiger partial charge in [-0.1, -0.05) is 252 Å². The van der Waals surface area contributed by atoms with E-state index in [0.29, 0.717) is 41.0 Å². The molecule has 0 spiro atoms. The normalized spacial score (nSPS) is 13.4. The largest absolute Gasteiger partial charge is 0.436 e. The lowest BCUT2D eigenvalue weighted by Crippen LogP contribution is -2.74. The topological polar surface area (TPSA) is 95.2 Å². The minimum absolute atomic E-state index is 0.560. The fourth-order valence-corrected chi connectivity index (χ4v) is 16.9. The molecule has 3 atom stereocenters. The monoisotopic (exact) mass is 1130 g/mol. The average molecular weight is 1130 g/mol. The summed E-state index contributed by atoms with van der Waals surface area (Å²) in [5, 5.41) is 4.56. The molecule has 0 N–H and O–H groups in total. The van der Waals surface area contributed by atoms with Gasteiger partial charge in [0.15, 0.2) is 25.4 Å². The van der Waals surface area contributed by atoms with Gasteiger partial charge in [0.25, 0.3) is 0 Å². The Labute approximate surface area is 500 Å². The number of hydrogen-bond acceptors (Lipinski definition) is 7. The van der Waals surface area contributed by atoms with Gasteiger partial charge < -0.3 is 13.3 Å². The van der Waals surface area contributed by atoms with Gasteiger partial charge in [-0.2, -0.15) is 0 Å². The molecule has 0 aliphatic heterocycles. The summed E-state index contributed by atoms with van der Waals surface area (Å²) in [4.78, 5) is 26.7. The highest BCUT2D eigenvalue weighted by molar-refractivity contribution is 7.19. The van der Waals surface area contributed by atoms with E-state index in [9.17, 15) is 4.79 Å². The van der Waals surface area contributed by atoms with Crippen molar-refractivity contribution in [3.05, 3.63) is 211 Å². The van der Waals surface area contributed by atoms with Gasteiger partial charge in [0.05, 0.1) is 18.6 Å². The lowest BCUT2D eigenvalue weighted by atomic mass is 9.91. The van der Waals surface area contributed by atoms with Gasteiger partial charge in [0.1, 0.15) is 6.29 Å². The third-order valence-corrected chi connectivity index (χ3v) is 22.4. The van der Waals surface area contributed by atoms with Crippen molar-refractivity contribution in [2.45, 2.75) is 138 Å². The average Bonchev–Trinajstić information content (AvgIpc) is 1.53. The summed E-state index contributed by atoms with van der Waals surface area (Å²) < 4.78 is 19.6. The molecule has 3 aromatic heterocycles. The van der Waals surface area contributed by atoms with E-state index in [-0.39, 0.29) is 0 Å². The fraction of sp³-hybridized carbons (Fsp3) is 0.316. The second kappa shape index (κ2) is 28.6. The number of oxazole rings is 3. The molecule has 10 rings (SSSR count). The first-order valence-corrected chi connectivity index (χ1v) is 33.3. The van der Waals surface area contributed by atoms with Crippen molar-refractivity contribution in [2.75, 3.05) is 0 Å². The van der Waals surface area contributed by atoms with E-state index >= 15 is 0 Å². The van der Waals surface area contributed by atoms with Gasteiger partial charge in [0, 0.05) is 38.9 Å².